The van der Waals surface area contributed by atoms with Crippen LogP contribution in [0.5, 0.6) is 0 Å². The van der Waals surface area contributed by atoms with Crippen molar-refractivity contribution in [2.24, 2.45) is 0 Å². The lowest BCUT2D eigenvalue weighted by Crippen LogP contribution is -2.15. The van der Waals surface area contributed by atoms with Crippen LogP contribution in [0.1, 0.15) is 19.4 Å². The number of carbonyl (C=O) groups is 1. The fourth-order valence-corrected chi connectivity index (χ4v) is 3.43. The van der Waals surface area contributed by atoms with Crippen LogP contribution in [-0.4, -0.2) is 16.8 Å². The van der Waals surface area contributed by atoms with Gasteiger partial charge in [-0.1, -0.05) is 58.8 Å². The molecule has 0 heterocycles. The summed E-state index contributed by atoms with van der Waals surface area (Å²) in [6.45, 7) is 3.79. The third-order valence-corrected chi connectivity index (χ3v) is 4.93. The van der Waals surface area contributed by atoms with Crippen molar-refractivity contribution in [2.45, 2.75) is 25.5 Å². The van der Waals surface area contributed by atoms with Crippen molar-refractivity contribution < 1.29 is 4.79 Å². The zero-order valence-electron chi connectivity index (χ0n) is 9.10. The molecule has 0 amide bonds. The molecule has 0 saturated heterocycles. The molecule has 0 aliphatic heterocycles. The molecule has 3 heteroatoms. The summed E-state index contributed by atoms with van der Waals surface area (Å²) in [5.41, 5.74) is 1.24. The highest BCUT2D eigenvalue weighted by Gasteiger charge is 2.15. The van der Waals surface area contributed by atoms with E-state index in [2.05, 4.69) is 19.1 Å². The van der Waals surface area contributed by atoms with Gasteiger partial charge >= 0.3 is 0 Å². The smallest absolute Gasteiger partial charge is 0.143 e. The molecule has 0 aromatic heterocycles. The van der Waals surface area contributed by atoms with Crippen molar-refractivity contribution >= 4 is 27.4 Å². The van der Waals surface area contributed by atoms with Gasteiger partial charge in [0.05, 0.1) is 5.25 Å². The SMILES string of the molecule is CCSS[C@@H](Cc1ccccc1)C(C)=O. The third kappa shape index (κ3) is 4.76. The molecular weight excluding hydrogens is 224 g/mol. The van der Waals surface area contributed by atoms with E-state index in [1.54, 1.807) is 28.5 Å². The van der Waals surface area contributed by atoms with Gasteiger partial charge in [-0.15, -0.1) is 0 Å². The normalized spacial score (nSPS) is 12.4. The highest BCUT2D eigenvalue weighted by molar-refractivity contribution is 8.77. The molecule has 1 nitrogen and oxygen atoms in total. The van der Waals surface area contributed by atoms with E-state index in [9.17, 15) is 4.79 Å². The topological polar surface area (TPSA) is 17.1 Å². The Balaban J connectivity index is 2.55. The lowest BCUT2D eigenvalue weighted by atomic mass is 10.1. The molecule has 0 bridgehead atoms. The summed E-state index contributed by atoms with van der Waals surface area (Å²) in [4.78, 5) is 11.4. The van der Waals surface area contributed by atoms with Gasteiger partial charge in [-0.05, 0) is 18.9 Å². The van der Waals surface area contributed by atoms with Crippen LogP contribution >= 0.6 is 21.6 Å². The predicted molar refractivity (Wildman–Crippen MR) is 70.3 cm³/mol. The first-order valence-electron chi connectivity index (χ1n) is 5.06. The van der Waals surface area contributed by atoms with Crippen LogP contribution in [0.2, 0.25) is 0 Å². The van der Waals surface area contributed by atoms with Crippen molar-refractivity contribution in [3.8, 4) is 0 Å². The van der Waals surface area contributed by atoms with Crippen molar-refractivity contribution in [2.75, 3.05) is 5.75 Å². The second-order valence-electron chi connectivity index (χ2n) is 3.29. The molecule has 0 spiro atoms. The Morgan fingerprint density at radius 1 is 1.33 bits per heavy atom. The fraction of sp³-hybridized carbons (Fsp3) is 0.417. The number of carbonyl (C=O) groups excluding carboxylic acids is 1. The summed E-state index contributed by atoms with van der Waals surface area (Å²) < 4.78 is 0. The first-order valence-corrected chi connectivity index (χ1v) is 7.45. The van der Waals surface area contributed by atoms with Gasteiger partial charge in [-0.3, -0.25) is 4.79 Å². The Labute approximate surface area is 99.4 Å². The van der Waals surface area contributed by atoms with E-state index in [0.29, 0.717) is 0 Å². The molecule has 15 heavy (non-hydrogen) atoms. The van der Waals surface area contributed by atoms with E-state index in [1.165, 1.54) is 5.56 Å². The summed E-state index contributed by atoms with van der Waals surface area (Å²) in [5.74, 6) is 1.31. The van der Waals surface area contributed by atoms with Crippen LogP contribution in [0, 0.1) is 0 Å². The van der Waals surface area contributed by atoms with E-state index in [0.717, 1.165) is 12.2 Å². The summed E-state index contributed by atoms with van der Waals surface area (Å²) in [6, 6.07) is 10.2. The first-order chi connectivity index (χ1) is 7.24. The Morgan fingerprint density at radius 3 is 2.53 bits per heavy atom. The highest BCUT2D eigenvalue weighted by Crippen LogP contribution is 2.29. The van der Waals surface area contributed by atoms with Gasteiger partial charge in [0.2, 0.25) is 0 Å². The number of rotatable bonds is 6. The minimum Gasteiger partial charge on any atom is -0.299 e. The summed E-state index contributed by atoms with van der Waals surface area (Å²) in [5, 5.41) is 0.0948. The van der Waals surface area contributed by atoms with Crippen molar-refractivity contribution in [3.63, 3.8) is 0 Å². The molecule has 1 atom stereocenters. The summed E-state index contributed by atoms with van der Waals surface area (Å²) in [6.07, 6.45) is 0.841. The van der Waals surface area contributed by atoms with Gasteiger partial charge in [-0.25, -0.2) is 0 Å². The van der Waals surface area contributed by atoms with E-state index >= 15 is 0 Å². The predicted octanol–water partition coefficient (Wildman–Crippen LogP) is 3.59. The standard InChI is InChI=1S/C12H16OS2/c1-3-14-15-12(10(2)13)9-11-7-5-4-6-8-11/h4-8,12H,3,9H2,1-2H3/t12-/m0/s1. The maximum Gasteiger partial charge on any atom is 0.143 e. The molecule has 0 unspecified atom stereocenters. The molecule has 0 aliphatic carbocycles. The monoisotopic (exact) mass is 240 g/mol. The van der Waals surface area contributed by atoms with Crippen LogP contribution in [0.3, 0.4) is 0 Å². The Bertz CT molecular complexity index is 298. The van der Waals surface area contributed by atoms with Gasteiger partial charge in [0.15, 0.2) is 0 Å². The number of ketones is 1. The summed E-state index contributed by atoms with van der Waals surface area (Å²) in [7, 11) is 3.45. The molecule has 0 fully saturated rings. The lowest BCUT2D eigenvalue weighted by Gasteiger charge is -2.11. The molecule has 0 saturated carbocycles. The molecule has 1 rings (SSSR count). The number of benzene rings is 1. The van der Waals surface area contributed by atoms with E-state index in [-0.39, 0.29) is 11.0 Å². The largest absolute Gasteiger partial charge is 0.299 e. The van der Waals surface area contributed by atoms with Gasteiger partial charge < -0.3 is 0 Å². The maximum absolute atomic E-state index is 11.4. The van der Waals surface area contributed by atoms with Crippen LogP contribution in [-0.2, 0) is 11.2 Å². The molecule has 1 aromatic carbocycles. The average molecular weight is 240 g/mol. The Hall–Kier alpha value is -0.410. The molecule has 1 aromatic rings. The van der Waals surface area contributed by atoms with Crippen LogP contribution in [0.15, 0.2) is 30.3 Å². The number of hydrogen-bond donors (Lipinski definition) is 0. The minimum atomic E-state index is 0.0948. The molecular formula is C12H16OS2. The van der Waals surface area contributed by atoms with Crippen LogP contribution < -0.4 is 0 Å². The van der Waals surface area contributed by atoms with Gasteiger partial charge in [-0.2, -0.15) is 0 Å². The first kappa shape index (κ1) is 12.7. The molecule has 82 valence electrons. The minimum absolute atomic E-state index is 0.0948. The zero-order valence-corrected chi connectivity index (χ0v) is 10.7. The molecule has 0 radical (unpaired) electrons. The summed E-state index contributed by atoms with van der Waals surface area (Å²) >= 11 is 0. The van der Waals surface area contributed by atoms with Crippen molar-refractivity contribution in [1.29, 1.82) is 0 Å². The maximum atomic E-state index is 11.4. The van der Waals surface area contributed by atoms with Crippen molar-refractivity contribution in [1.82, 2.24) is 0 Å². The van der Waals surface area contributed by atoms with Gasteiger partial charge in [0, 0.05) is 5.75 Å². The second kappa shape index (κ2) is 6.96. The second-order valence-corrected chi connectivity index (χ2v) is 6.15. The highest BCUT2D eigenvalue weighted by atomic mass is 33.1. The zero-order chi connectivity index (χ0) is 11.1. The number of Topliss-reactive ketones (excluding diaryl/α,β-unsaturated/α-hetero) is 1. The van der Waals surface area contributed by atoms with Crippen LogP contribution in [0.4, 0.5) is 0 Å². The van der Waals surface area contributed by atoms with E-state index < -0.39 is 0 Å². The third-order valence-electron chi connectivity index (χ3n) is 2.02. The number of hydrogen-bond acceptors (Lipinski definition) is 3. The Kier molecular flexibility index (Phi) is 5.88. The van der Waals surface area contributed by atoms with Gasteiger partial charge in [0.25, 0.3) is 0 Å². The Morgan fingerprint density at radius 2 is 2.00 bits per heavy atom. The molecule has 0 N–H and O–H groups in total. The van der Waals surface area contributed by atoms with Crippen molar-refractivity contribution in [3.05, 3.63) is 35.9 Å². The van der Waals surface area contributed by atoms with E-state index in [4.69, 9.17) is 0 Å². The lowest BCUT2D eigenvalue weighted by molar-refractivity contribution is -0.116. The fourth-order valence-electron chi connectivity index (χ4n) is 1.22. The quantitative estimate of drug-likeness (QED) is 0.707. The van der Waals surface area contributed by atoms with Gasteiger partial charge in [0.1, 0.15) is 5.78 Å². The average Bonchev–Trinajstić information content (AvgIpc) is 2.25. The van der Waals surface area contributed by atoms with E-state index in [1.807, 2.05) is 18.2 Å². The van der Waals surface area contributed by atoms with Crippen LogP contribution in [0.25, 0.3) is 0 Å². The molecule has 0 aliphatic rings.